The summed E-state index contributed by atoms with van der Waals surface area (Å²) in [6, 6.07) is 0. The molecule has 0 unspecified atom stereocenters. The molecule has 3 nitrogen and oxygen atoms in total. The predicted octanol–water partition coefficient (Wildman–Crippen LogP) is 1.80. The Morgan fingerprint density at radius 2 is 2.09 bits per heavy atom. The lowest BCUT2D eigenvalue weighted by Gasteiger charge is -2.00. The van der Waals surface area contributed by atoms with E-state index in [1.807, 2.05) is 0 Å². The van der Waals surface area contributed by atoms with Crippen molar-refractivity contribution in [1.29, 1.82) is 0 Å². The molecule has 0 atom stereocenters. The van der Waals surface area contributed by atoms with Crippen LogP contribution < -0.4 is 4.74 Å². The van der Waals surface area contributed by atoms with Gasteiger partial charge in [0, 0.05) is 12.4 Å². The molecule has 0 radical (unpaired) electrons. The average molecular weight is 240 g/mol. The summed E-state index contributed by atoms with van der Waals surface area (Å²) in [5.41, 5.74) is 0.824. The van der Waals surface area contributed by atoms with Crippen LogP contribution in [0.1, 0.15) is 5.69 Å². The lowest BCUT2D eigenvalue weighted by molar-refractivity contribution is 0.391. The quantitative estimate of drug-likeness (QED) is 0.738. The predicted molar refractivity (Wildman–Crippen MR) is 48.5 cm³/mol. The lowest BCUT2D eigenvalue weighted by Crippen LogP contribution is -1.94. The Labute approximate surface area is 79.7 Å². The summed E-state index contributed by atoms with van der Waals surface area (Å²) in [5.74, 6) is 0.583. The van der Waals surface area contributed by atoms with Crippen LogP contribution in [0.2, 0.25) is 0 Å². The summed E-state index contributed by atoms with van der Waals surface area (Å²) in [4.78, 5) is 7.99. The van der Waals surface area contributed by atoms with Gasteiger partial charge in [0.25, 0.3) is 0 Å². The molecule has 0 saturated heterocycles. The molecule has 1 heterocycles. The fraction of sp³-hybridized carbons (Fsp3) is 0.333. The second-order valence-electron chi connectivity index (χ2n) is 1.65. The monoisotopic (exact) mass is 238 g/mol. The average Bonchev–Trinajstić information content (AvgIpc) is 2.04. The van der Waals surface area contributed by atoms with Crippen molar-refractivity contribution in [3.05, 3.63) is 18.1 Å². The van der Waals surface area contributed by atoms with Gasteiger partial charge in [0.05, 0.1) is 12.4 Å². The molecule has 0 aliphatic heterocycles. The zero-order chi connectivity index (χ0) is 7.40. The van der Waals surface area contributed by atoms with Gasteiger partial charge in [-0.2, -0.15) is 0 Å². The minimum absolute atomic E-state index is 0. The van der Waals surface area contributed by atoms with E-state index in [0.717, 1.165) is 5.69 Å². The Bertz CT molecular complexity index is 198. The van der Waals surface area contributed by atoms with Crippen LogP contribution in [0, 0.1) is 0 Å². The molecule has 0 fully saturated rings. The molecule has 1 rings (SSSR count). The van der Waals surface area contributed by atoms with Crippen LogP contribution in [0.4, 0.5) is 0 Å². The van der Waals surface area contributed by atoms with Gasteiger partial charge in [-0.3, -0.25) is 4.98 Å². The van der Waals surface area contributed by atoms with Crippen molar-refractivity contribution in [3.8, 4) is 5.88 Å². The van der Waals surface area contributed by atoms with Crippen LogP contribution in [0.3, 0.4) is 0 Å². The van der Waals surface area contributed by atoms with Crippen molar-refractivity contribution in [2.75, 3.05) is 7.11 Å². The van der Waals surface area contributed by atoms with Gasteiger partial charge in [-0.05, 0) is 0 Å². The molecule has 0 aliphatic carbocycles. The van der Waals surface area contributed by atoms with Gasteiger partial charge in [0.2, 0.25) is 5.88 Å². The van der Waals surface area contributed by atoms with Gasteiger partial charge in [0.1, 0.15) is 5.69 Å². The van der Waals surface area contributed by atoms with Crippen molar-refractivity contribution >= 4 is 28.3 Å². The van der Waals surface area contributed by atoms with E-state index in [1.165, 1.54) is 0 Å². The Morgan fingerprint density at radius 1 is 1.45 bits per heavy atom. The fourth-order valence-corrected chi connectivity index (χ4v) is 1.00. The first-order chi connectivity index (χ1) is 4.88. The van der Waals surface area contributed by atoms with Crippen LogP contribution in [0.15, 0.2) is 12.4 Å². The molecule has 62 valence electrons. The zero-order valence-corrected chi connectivity index (χ0v) is 8.35. The van der Waals surface area contributed by atoms with Crippen molar-refractivity contribution in [2.45, 2.75) is 5.33 Å². The van der Waals surface area contributed by atoms with Crippen LogP contribution in [0.25, 0.3) is 0 Å². The third-order valence-electron chi connectivity index (χ3n) is 1.06. The molecule has 0 N–H and O–H groups in total. The van der Waals surface area contributed by atoms with E-state index >= 15 is 0 Å². The highest BCUT2D eigenvalue weighted by Crippen LogP contribution is 2.12. The summed E-state index contributed by atoms with van der Waals surface area (Å²) >= 11 is 3.27. The highest BCUT2D eigenvalue weighted by molar-refractivity contribution is 9.08. The Hall–Kier alpha value is -0.350. The smallest absolute Gasteiger partial charge is 0.236 e. The number of halogens is 2. The zero-order valence-electron chi connectivity index (χ0n) is 5.95. The van der Waals surface area contributed by atoms with E-state index in [2.05, 4.69) is 25.9 Å². The molecule has 1 aromatic heterocycles. The van der Waals surface area contributed by atoms with E-state index in [1.54, 1.807) is 19.5 Å². The molecule has 11 heavy (non-hydrogen) atoms. The van der Waals surface area contributed by atoms with E-state index in [9.17, 15) is 0 Å². The van der Waals surface area contributed by atoms with E-state index in [4.69, 9.17) is 4.74 Å². The van der Waals surface area contributed by atoms with Crippen molar-refractivity contribution in [3.63, 3.8) is 0 Å². The molecule has 0 bridgehead atoms. The highest BCUT2D eigenvalue weighted by atomic mass is 79.9. The first-order valence-corrected chi connectivity index (χ1v) is 3.90. The van der Waals surface area contributed by atoms with Crippen molar-refractivity contribution in [2.24, 2.45) is 0 Å². The number of alkyl halides is 1. The van der Waals surface area contributed by atoms with Crippen LogP contribution in [0.5, 0.6) is 5.88 Å². The third kappa shape index (κ3) is 2.63. The molecule has 0 aromatic carbocycles. The maximum atomic E-state index is 4.93. The Morgan fingerprint density at radius 3 is 2.55 bits per heavy atom. The standard InChI is InChI=1S/C6H7BrN2O.ClH/c1-10-6-5(4-7)8-2-3-9-6;/h2-3H,4H2,1H3;1H. The van der Waals surface area contributed by atoms with Crippen molar-refractivity contribution in [1.82, 2.24) is 9.97 Å². The van der Waals surface area contributed by atoms with Gasteiger partial charge >= 0.3 is 0 Å². The van der Waals surface area contributed by atoms with E-state index in [-0.39, 0.29) is 12.4 Å². The van der Waals surface area contributed by atoms with Crippen LogP contribution in [-0.2, 0) is 5.33 Å². The SMILES string of the molecule is COc1nccnc1CBr.Cl. The molecule has 5 heteroatoms. The number of hydrogen-bond acceptors (Lipinski definition) is 3. The summed E-state index contributed by atoms with van der Waals surface area (Å²) in [5, 5.41) is 0.671. The number of ether oxygens (including phenoxy) is 1. The minimum Gasteiger partial charge on any atom is -0.480 e. The second kappa shape index (κ2) is 5.32. The summed E-state index contributed by atoms with van der Waals surface area (Å²) in [7, 11) is 1.58. The maximum absolute atomic E-state index is 4.93. The highest BCUT2D eigenvalue weighted by Gasteiger charge is 2.00. The van der Waals surface area contributed by atoms with Gasteiger partial charge in [-0.15, -0.1) is 12.4 Å². The Balaban J connectivity index is 0.000001000. The van der Waals surface area contributed by atoms with Gasteiger partial charge in [0.15, 0.2) is 0 Å². The van der Waals surface area contributed by atoms with Crippen molar-refractivity contribution < 1.29 is 4.74 Å². The fourth-order valence-electron chi connectivity index (χ4n) is 0.616. The molecule has 0 amide bonds. The molecular weight excluding hydrogens is 231 g/mol. The maximum Gasteiger partial charge on any atom is 0.236 e. The van der Waals surface area contributed by atoms with Gasteiger partial charge in [-0.1, -0.05) is 15.9 Å². The summed E-state index contributed by atoms with van der Waals surface area (Å²) in [6.45, 7) is 0. The number of methoxy groups -OCH3 is 1. The van der Waals surface area contributed by atoms with Gasteiger partial charge in [-0.25, -0.2) is 4.98 Å². The number of hydrogen-bond donors (Lipinski definition) is 0. The minimum atomic E-state index is 0. The van der Waals surface area contributed by atoms with Crippen LogP contribution in [-0.4, -0.2) is 17.1 Å². The number of aromatic nitrogens is 2. The van der Waals surface area contributed by atoms with E-state index in [0.29, 0.717) is 11.2 Å². The van der Waals surface area contributed by atoms with Gasteiger partial charge < -0.3 is 4.74 Å². The first kappa shape index (κ1) is 10.7. The largest absolute Gasteiger partial charge is 0.480 e. The topological polar surface area (TPSA) is 35.0 Å². The normalized spacial score (nSPS) is 8.55. The lowest BCUT2D eigenvalue weighted by atomic mass is 10.5. The van der Waals surface area contributed by atoms with E-state index < -0.39 is 0 Å². The molecular formula is C6H8BrClN2O. The number of rotatable bonds is 2. The summed E-state index contributed by atoms with van der Waals surface area (Å²) < 4.78 is 4.93. The second-order valence-corrected chi connectivity index (χ2v) is 2.21. The molecule has 0 spiro atoms. The summed E-state index contributed by atoms with van der Waals surface area (Å²) in [6.07, 6.45) is 3.24. The molecule has 1 aromatic rings. The third-order valence-corrected chi connectivity index (χ3v) is 1.59. The molecule has 0 aliphatic rings. The number of nitrogens with zero attached hydrogens (tertiary/aromatic N) is 2. The van der Waals surface area contributed by atoms with Crippen LogP contribution >= 0.6 is 28.3 Å². The molecule has 0 saturated carbocycles. The first-order valence-electron chi connectivity index (χ1n) is 2.78. The Kier molecular flexibility index (Phi) is 5.15.